The van der Waals surface area contributed by atoms with Crippen LogP contribution < -0.4 is 4.74 Å². The third kappa shape index (κ3) is 3.02. The summed E-state index contributed by atoms with van der Waals surface area (Å²) in [6.07, 6.45) is 0. The standard InChI is InChI=1S/C21H15F6NOS2/c1-10-9-13(11(2)30-10)14-15(20(24,25)21(26,27)19(14,22)23)16-18(29-3)31-17(28-16)12-7-5-4-6-8-12/h4-9H,1-3H3. The molecule has 0 amide bonds. The molecular weight excluding hydrogens is 460 g/mol. The molecule has 0 N–H and O–H groups in total. The first-order chi connectivity index (χ1) is 14.4. The SMILES string of the molecule is COc1sc(-c2ccccc2)nc1C1=C(c2cc(C)sc2C)C(F)(F)C(F)(F)C1(F)F. The number of benzene rings is 1. The summed E-state index contributed by atoms with van der Waals surface area (Å²) in [7, 11) is 1.15. The zero-order chi connectivity index (χ0) is 22.8. The molecule has 0 aliphatic heterocycles. The van der Waals surface area contributed by atoms with Gasteiger partial charge in [0.2, 0.25) is 5.06 Å². The number of hydrogen-bond donors (Lipinski definition) is 0. The van der Waals surface area contributed by atoms with Crippen LogP contribution in [0, 0.1) is 13.8 Å². The number of aromatic nitrogens is 1. The van der Waals surface area contributed by atoms with Crippen molar-refractivity contribution in [3.8, 4) is 15.6 Å². The molecule has 1 aromatic carbocycles. The van der Waals surface area contributed by atoms with Crippen molar-refractivity contribution in [1.29, 1.82) is 0 Å². The van der Waals surface area contributed by atoms with Gasteiger partial charge in [-0.3, -0.25) is 0 Å². The molecule has 3 aromatic rings. The van der Waals surface area contributed by atoms with Gasteiger partial charge >= 0.3 is 17.8 Å². The van der Waals surface area contributed by atoms with Crippen molar-refractivity contribution in [3.63, 3.8) is 0 Å². The fourth-order valence-corrected chi connectivity index (χ4v) is 5.41. The maximum atomic E-state index is 15.0. The molecule has 164 valence electrons. The van der Waals surface area contributed by atoms with Crippen molar-refractivity contribution in [2.45, 2.75) is 31.6 Å². The molecule has 0 saturated heterocycles. The van der Waals surface area contributed by atoms with E-state index in [-0.39, 0.29) is 20.5 Å². The van der Waals surface area contributed by atoms with E-state index in [2.05, 4.69) is 4.98 Å². The van der Waals surface area contributed by atoms with Crippen molar-refractivity contribution >= 4 is 33.8 Å². The number of thiophene rings is 1. The Morgan fingerprint density at radius 1 is 0.871 bits per heavy atom. The Morgan fingerprint density at radius 2 is 1.48 bits per heavy atom. The van der Waals surface area contributed by atoms with E-state index >= 15 is 0 Å². The molecule has 0 spiro atoms. The van der Waals surface area contributed by atoms with Gasteiger partial charge in [-0.15, -0.1) is 11.3 Å². The lowest BCUT2D eigenvalue weighted by molar-refractivity contribution is -0.254. The second kappa shape index (κ2) is 7.09. The highest BCUT2D eigenvalue weighted by atomic mass is 32.1. The average molecular weight is 475 g/mol. The molecule has 0 bridgehead atoms. The number of methoxy groups -OCH3 is 1. The molecule has 1 aliphatic carbocycles. The number of aryl methyl sites for hydroxylation is 2. The largest absolute Gasteiger partial charge is 0.486 e. The zero-order valence-corrected chi connectivity index (χ0v) is 18.0. The van der Waals surface area contributed by atoms with Crippen molar-refractivity contribution < 1.29 is 31.1 Å². The second-order valence-electron chi connectivity index (χ2n) is 7.03. The molecule has 0 unspecified atom stereocenters. The summed E-state index contributed by atoms with van der Waals surface area (Å²) in [5, 5.41) is -0.0593. The fourth-order valence-electron chi connectivity index (χ4n) is 3.58. The lowest BCUT2D eigenvalue weighted by atomic mass is 9.98. The predicted octanol–water partition coefficient (Wildman–Crippen LogP) is 7.33. The number of halogens is 6. The van der Waals surface area contributed by atoms with Crippen molar-refractivity contribution in [1.82, 2.24) is 4.98 Å². The summed E-state index contributed by atoms with van der Waals surface area (Å²) in [5.41, 5.74) is -3.44. The van der Waals surface area contributed by atoms with E-state index in [0.29, 0.717) is 10.4 Å². The molecule has 0 fully saturated rings. The lowest BCUT2D eigenvalue weighted by Gasteiger charge is -2.25. The van der Waals surface area contributed by atoms with Crippen LogP contribution in [0.15, 0.2) is 36.4 Å². The molecule has 2 nitrogen and oxygen atoms in total. The van der Waals surface area contributed by atoms with E-state index < -0.39 is 34.6 Å². The van der Waals surface area contributed by atoms with Gasteiger partial charge in [0.15, 0.2) is 0 Å². The minimum absolute atomic E-state index is 0.187. The second-order valence-corrected chi connectivity index (χ2v) is 9.45. The minimum atomic E-state index is -5.63. The maximum Gasteiger partial charge on any atom is 0.380 e. The topological polar surface area (TPSA) is 22.1 Å². The molecule has 10 heteroatoms. The number of allylic oxidation sites excluding steroid dienone is 2. The first-order valence-electron chi connectivity index (χ1n) is 9.00. The number of thiazole rings is 1. The minimum Gasteiger partial charge on any atom is -0.486 e. The van der Waals surface area contributed by atoms with Crippen LogP contribution in [0.1, 0.15) is 21.0 Å². The average Bonchev–Trinajstić information content (AvgIpc) is 3.30. The highest BCUT2D eigenvalue weighted by molar-refractivity contribution is 7.17. The van der Waals surface area contributed by atoms with Crippen LogP contribution in [0.2, 0.25) is 0 Å². The van der Waals surface area contributed by atoms with E-state index in [0.717, 1.165) is 29.8 Å². The third-order valence-electron chi connectivity index (χ3n) is 5.02. The highest BCUT2D eigenvalue weighted by Crippen LogP contribution is 2.66. The van der Waals surface area contributed by atoms with Crippen LogP contribution in [0.4, 0.5) is 26.3 Å². The van der Waals surface area contributed by atoms with E-state index in [1.54, 1.807) is 37.3 Å². The van der Waals surface area contributed by atoms with Crippen LogP contribution in [0.3, 0.4) is 0 Å². The zero-order valence-electron chi connectivity index (χ0n) is 16.4. The molecule has 0 radical (unpaired) electrons. The van der Waals surface area contributed by atoms with Crippen molar-refractivity contribution in [2.24, 2.45) is 0 Å². The Balaban J connectivity index is 2.07. The predicted molar refractivity (Wildman–Crippen MR) is 110 cm³/mol. The van der Waals surface area contributed by atoms with Crippen molar-refractivity contribution in [3.05, 3.63) is 57.4 Å². The monoisotopic (exact) mass is 475 g/mol. The van der Waals surface area contributed by atoms with E-state index in [1.165, 1.54) is 13.0 Å². The molecular formula is C21H15F6NOS2. The summed E-state index contributed by atoms with van der Waals surface area (Å²) in [5.74, 6) is -15.9. The number of nitrogens with zero attached hydrogens (tertiary/aromatic N) is 1. The van der Waals surface area contributed by atoms with Crippen molar-refractivity contribution in [2.75, 3.05) is 7.11 Å². The summed E-state index contributed by atoms with van der Waals surface area (Å²) in [4.78, 5) is 4.83. The first kappa shape index (κ1) is 21.9. The lowest BCUT2D eigenvalue weighted by Crippen LogP contribution is -2.49. The molecule has 31 heavy (non-hydrogen) atoms. The van der Waals surface area contributed by atoms with Gasteiger partial charge in [-0.05, 0) is 25.5 Å². The molecule has 1 aliphatic rings. The summed E-state index contributed by atoms with van der Waals surface area (Å²) < 4.78 is 93.9. The Hall–Kier alpha value is -2.33. The van der Waals surface area contributed by atoms with Crippen LogP contribution in [-0.2, 0) is 0 Å². The van der Waals surface area contributed by atoms with Gasteiger partial charge in [0, 0.05) is 20.9 Å². The van der Waals surface area contributed by atoms with E-state index in [4.69, 9.17) is 4.74 Å². The Labute approximate surface area is 181 Å². The number of rotatable bonds is 4. The molecule has 0 atom stereocenters. The van der Waals surface area contributed by atoms with Gasteiger partial charge in [-0.2, -0.15) is 26.3 Å². The fraction of sp³-hybridized carbons (Fsp3) is 0.286. The van der Waals surface area contributed by atoms with E-state index in [1.807, 2.05) is 0 Å². The van der Waals surface area contributed by atoms with Gasteiger partial charge < -0.3 is 4.74 Å². The van der Waals surface area contributed by atoms with Crippen LogP contribution >= 0.6 is 22.7 Å². The van der Waals surface area contributed by atoms with Crippen LogP contribution in [0.25, 0.3) is 21.7 Å². The van der Waals surface area contributed by atoms with Crippen LogP contribution in [0.5, 0.6) is 5.06 Å². The van der Waals surface area contributed by atoms with Crippen LogP contribution in [-0.4, -0.2) is 29.9 Å². The molecule has 2 heterocycles. The Bertz CT molecular complexity index is 1180. The molecule has 0 saturated carbocycles. The maximum absolute atomic E-state index is 15.0. The van der Waals surface area contributed by atoms with E-state index in [9.17, 15) is 26.3 Å². The summed E-state index contributed by atoms with van der Waals surface area (Å²) in [6.45, 7) is 3.01. The smallest absolute Gasteiger partial charge is 0.380 e. The number of ether oxygens (including phenoxy) is 1. The van der Waals surface area contributed by atoms with Gasteiger partial charge in [-0.25, -0.2) is 4.98 Å². The highest BCUT2D eigenvalue weighted by Gasteiger charge is 2.81. The van der Waals surface area contributed by atoms with Gasteiger partial charge in [0.1, 0.15) is 10.7 Å². The first-order valence-corrected chi connectivity index (χ1v) is 10.6. The van der Waals surface area contributed by atoms with Gasteiger partial charge in [0.25, 0.3) is 0 Å². The normalized spacial score (nSPS) is 19.1. The molecule has 4 rings (SSSR count). The van der Waals surface area contributed by atoms with Gasteiger partial charge in [-0.1, -0.05) is 41.7 Å². The Morgan fingerprint density at radius 3 is 2.03 bits per heavy atom. The number of hydrogen-bond acceptors (Lipinski definition) is 4. The summed E-state index contributed by atoms with van der Waals surface area (Å²) >= 11 is 1.88. The quantitative estimate of drug-likeness (QED) is 0.369. The third-order valence-corrected chi connectivity index (χ3v) is 7.05. The molecule has 2 aromatic heterocycles. The van der Waals surface area contributed by atoms with Gasteiger partial charge in [0.05, 0.1) is 12.7 Å². The Kier molecular flexibility index (Phi) is 5.01. The summed E-state index contributed by atoms with van der Waals surface area (Å²) in [6, 6.07) is 9.58. The number of alkyl halides is 6.